The van der Waals surface area contributed by atoms with E-state index in [0.717, 1.165) is 0 Å². The maximum absolute atomic E-state index is 11.8. The highest BCUT2D eigenvalue weighted by Gasteiger charge is 2.36. The number of rotatable bonds is 5. The van der Waals surface area contributed by atoms with E-state index in [4.69, 9.17) is 0 Å². The Labute approximate surface area is 104 Å². The summed E-state index contributed by atoms with van der Waals surface area (Å²) in [5.41, 5.74) is 0. The first-order valence-corrected chi connectivity index (χ1v) is 7.38. The van der Waals surface area contributed by atoms with Gasteiger partial charge in [-0.2, -0.15) is 0 Å². The largest absolute Gasteiger partial charge is 0.345 e. The van der Waals surface area contributed by atoms with Crippen molar-refractivity contribution >= 4 is 22.6 Å². The Kier molecular flexibility index (Phi) is 5.11. The van der Waals surface area contributed by atoms with Gasteiger partial charge in [-0.1, -0.05) is 20.8 Å². The van der Waals surface area contributed by atoms with Crippen LogP contribution >= 0.6 is 0 Å². The van der Waals surface area contributed by atoms with Crippen molar-refractivity contribution in [2.75, 3.05) is 24.6 Å². The van der Waals surface area contributed by atoms with Crippen LogP contribution in [0.5, 0.6) is 0 Å². The predicted octanol–water partition coefficient (Wildman–Crippen LogP) is -0.262. The van der Waals surface area contributed by atoms with E-state index in [2.05, 4.69) is 5.32 Å². The summed E-state index contributed by atoms with van der Waals surface area (Å²) in [6.07, 6.45) is 0. The first kappa shape index (κ1) is 14.2. The van der Waals surface area contributed by atoms with Gasteiger partial charge in [-0.25, -0.2) is 0 Å². The highest BCUT2D eigenvalue weighted by molar-refractivity contribution is 7.84. The molecule has 1 heterocycles. The third-order valence-electron chi connectivity index (χ3n) is 2.85. The van der Waals surface area contributed by atoms with Crippen LogP contribution in [0.2, 0.25) is 0 Å². The standard InChI is InChI=1S/C11H20N2O3S/c1-4-17(16)6-5-13-9(14)7-12-11(15)10(13)8(2)3/h8,10H,4-7H2,1-3H3,(H,12,15). The molecule has 0 saturated carbocycles. The van der Waals surface area contributed by atoms with Crippen molar-refractivity contribution in [3.05, 3.63) is 0 Å². The van der Waals surface area contributed by atoms with Crippen molar-refractivity contribution in [3.63, 3.8) is 0 Å². The summed E-state index contributed by atoms with van der Waals surface area (Å²) in [6, 6.07) is -0.426. The Balaban J connectivity index is 2.72. The molecule has 6 heteroatoms. The van der Waals surface area contributed by atoms with Crippen molar-refractivity contribution in [1.82, 2.24) is 10.2 Å². The zero-order valence-electron chi connectivity index (χ0n) is 10.6. The molecule has 17 heavy (non-hydrogen) atoms. The zero-order chi connectivity index (χ0) is 13.0. The summed E-state index contributed by atoms with van der Waals surface area (Å²) < 4.78 is 11.4. The molecule has 0 aliphatic carbocycles. The van der Waals surface area contributed by atoms with Crippen LogP contribution in [-0.4, -0.2) is 51.6 Å². The molecule has 2 amide bonds. The molecule has 1 saturated heterocycles. The number of carbonyl (C=O) groups excluding carboxylic acids is 2. The molecule has 0 spiro atoms. The van der Waals surface area contributed by atoms with Gasteiger partial charge in [-0.05, 0) is 5.92 Å². The van der Waals surface area contributed by atoms with E-state index >= 15 is 0 Å². The highest BCUT2D eigenvalue weighted by atomic mass is 32.2. The lowest BCUT2D eigenvalue weighted by Crippen LogP contribution is -2.60. The van der Waals surface area contributed by atoms with E-state index in [-0.39, 0.29) is 24.3 Å². The van der Waals surface area contributed by atoms with E-state index in [0.29, 0.717) is 18.1 Å². The highest BCUT2D eigenvalue weighted by Crippen LogP contribution is 2.14. The van der Waals surface area contributed by atoms with Gasteiger partial charge in [0.25, 0.3) is 0 Å². The smallest absolute Gasteiger partial charge is 0.243 e. The molecule has 98 valence electrons. The predicted molar refractivity (Wildman–Crippen MR) is 66.9 cm³/mol. The Morgan fingerprint density at radius 3 is 2.65 bits per heavy atom. The second-order valence-corrected chi connectivity index (χ2v) is 6.29. The Hall–Kier alpha value is -0.910. The summed E-state index contributed by atoms with van der Waals surface area (Å²) >= 11 is 0. The lowest BCUT2D eigenvalue weighted by molar-refractivity contribution is -0.147. The number of amides is 2. The molecule has 1 aliphatic heterocycles. The minimum absolute atomic E-state index is 0.0564. The molecule has 1 N–H and O–H groups in total. The molecular weight excluding hydrogens is 240 g/mol. The van der Waals surface area contributed by atoms with Gasteiger partial charge in [0.05, 0.1) is 6.54 Å². The Bertz CT molecular complexity index is 331. The van der Waals surface area contributed by atoms with Crippen LogP contribution in [0.1, 0.15) is 20.8 Å². The second kappa shape index (κ2) is 6.14. The number of hydrogen-bond donors (Lipinski definition) is 1. The molecule has 2 atom stereocenters. The second-order valence-electron chi connectivity index (χ2n) is 4.43. The zero-order valence-corrected chi connectivity index (χ0v) is 11.4. The maximum atomic E-state index is 11.8. The van der Waals surface area contributed by atoms with Crippen LogP contribution in [0.4, 0.5) is 0 Å². The molecule has 0 aromatic heterocycles. The van der Waals surface area contributed by atoms with Crippen LogP contribution in [0.3, 0.4) is 0 Å². The third-order valence-corrected chi connectivity index (χ3v) is 4.13. The van der Waals surface area contributed by atoms with E-state index in [1.165, 1.54) is 0 Å². The summed E-state index contributed by atoms with van der Waals surface area (Å²) in [5, 5.41) is 2.59. The number of nitrogens with zero attached hydrogens (tertiary/aromatic N) is 1. The summed E-state index contributed by atoms with van der Waals surface area (Å²) in [7, 11) is -0.909. The number of hydrogen-bond acceptors (Lipinski definition) is 3. The molecule has 1 aliphatic rings. The maximum Gasteiger partial charge on any atom is 0.243 e. The normalized spacial score (nSPS) is 22.8. The molecule has 0 aromatic rings. The summed E-state index contributed by atoms with van der Waals surface area (Å²) in [6.45, 7) is 6.12. The van der Waals surface area contributed by atoms with Gasteiger partial charge in [0.2, 0.25) is 11.8 Å². The molecule has 0 radical (unpaired) electrons. The number of carbonyl (C=O) groups is 2. The van der Waals surface area contributed by atoms with Gasteiger partial charge in [0.15, 0.2) is 0 Å². The van der Waals surface area contributed by atoms with Crippen LogP contribution in [0, 0.1) is 5.92 Å². The van der Waals surface area contributed by atoms with Gasteiger partial charge in [-0.15, -0.1) is 0 Å². The summed E-state index contributed by atoms with van der Waals surface area (Å²) in [5.74, 6) is 0.895. The van der Waals surface area contributed by atoms with Crippen LogP contribution in [-0.2, 0) is 20.4 Å². The summed E-state index contributed by atoms with van der Waals surface area (Å²) in [4.78, 5) is 25.1. The first-order valence-electron chi connectivity index (χ1n) is 5.89. The average molecular weight is 260 g/mol. The van der Waals surface area contributed by atoms with Crippen molar-refractivity contribution < 1.29 is 13.8 Å². The fourth-order valence-electron chi connectivity index (χ4n) is 1.94. The SMILES string of the molecule is CCS(=O)CCN1C(=O)CNC(=O)C1C(C)C. The molecule has 0 bridgehead atoms. The first-order chi connectivity index (χ1) is 7.97. The lowest BCUT2D eigenvalue weighted by atomic mass is 9.99. The third kappa shape index (κ3) is 3.52. The van der Waals surface area contributed by atoms with Crippen molar-refractivity contribution in [3.8, 4) is 0 Å². The van der Waals surface area contributed by atoms with Crippen LogP contribution in [0.15, 0.2) is 0 Å². The van der Waals surface area contributed by atoms with Gasteiger partial charge in [-0.3, -0.25) is 13.8 Å². The van der Waals surface area contributed by atoms with E-state index in [1.54, 1.807) is 4.90 Å². The molecule has 5 nitrogen and oxygen atoms in total. The van der Waals surface area contributed by atoms with E-state index in [1.807, 2.05) is 20.8 Å². The molecule has 1 rings (SSSR count). The molecule has 0 aromatic carbocycles. The lowest BCUT2D eigenvalue weighted by Gasteiger charge is -2.37. The van der Waals surface area contributed by atoms with Crippen molar-refractivity contribution in [2.24, 2.45) is 5.92 Å². The Morgan fingerprint density at radius 1 is 1.47 bits per heavy atom. The fraction of sp³-hybridized carbons (Fsp3) is 0.818. The average Bonchev–Trinajstić information content (AvgIpc) is 2.28. The van der Waals surface area contributed by atoms with Crippen molar-refractivity contribution in [1.29, 1.82) is 0 Å². The van der Waals surface area contributed by atoms with Gasteiger partial charge >= 0.3 is 0 Å². The molecular formula is C11H20N2O3S. The topological polar surface area (TPSA) is 66.5 Å². The number of piperazine rings is 1. The van der Waals surface area contributed by atoms with Gasteiger partial charge in [0, 0.05) is 28.9 Å². The number of nitrogens with one attached hydrogen (secondary N) is 1. The van der Waals surface area contributed by atoms with Gasteiger partial charge in [0.1, 0.15) is 6.04 Å². The van der Waals surface area contributed by atoms with Gasteiger partial charge < -0.3 is 10.2 Å². The van der Waals surface area contributed by atoms with Crippen LogP contribution in [0.25, 0.3) is 0 Å². The quantitative estimate of drug-likeness (QED) is 0.740. The molecule has 1 fully saturated rings. The monoisotopic (exact) mass is 260 g/mol. The minimum Gasteiger partial charge on any atom is -0.345 e. The molecule has 2 unspecified atom stereocenters. The van der Waals surface area contributed by atoms with E-state index in [9.17, 15) is 13.8 Å². The Morgan fingerprint density at radius 2 is 2.12 bits per heavy atom. The van der Waals surface area contributed by atoms with Crippen molar-refractivity contribution in [2.45, 2.75) is 26.8 Å². The minimum atomic E-state index is -0.909. The van der Waals surface area contributed by atoms with E-state index < -0.39 is 16.8 Å². The van der Waals surface area contributed by atoms with Crippen LogP contribution < -0.4 is 5.32 Å². The fourth-order valence-corrected chi connectivity index (χ4v) is 2.63.